The molecule has 1 nitrogen and oxygen atoms in total. The number of halogens is 2. The SMILES string of the molecule is Cc1ccc([SH+]n2cc(Br)c3ccc(F)cc32)cc1. The van der Waals surface area contributed by atoms with Gasteiger partial charge in [0.15, 0.2) is 4.90 Å². The third-order valence-corrected chi connectivity index (χ3v) is 4.66. The lowest BCUT2D eigenvalue weighted by Crippen LogP contribution is -1.96. The fourth-order valence-corrected chi connectivity index (χ4v) is 3.64. The summed E-state index contributed by atoms with van der Waals surface area (Å²) in [5, 5.41) is 1.03. The van der Waals surface area contributed by atoms with Crippen molar-refractivity contribution in [1.29, 1.82) is 0 Å². The van der Waals surface area contributed by atoms with E-state index in [4.69, 9.17) is 0 Å². The normalized spacial score (nSPS) is 11.1. The van der Waals surface area contributed by atoms with Gasteiger partial charge in [-0.2, -0.15) is 3.97 Å². The van der Waals surface area contributed by atoms with E-state index in [0.29, 0.717) is 0 Å². The highest BCUT2D eigenvalue weighted by Gasteiger charge is 2.13. The zero-order valence-corrected chi connectivity index (χ0v) is 12.7. The topological polar surface area (TPSA) is 4.93 Å². The van der Waals surface area contributed by atoms with E-state index in [1.807, 2.05) is 10.2 Å². The second kappa shape index (κ2) is 5.02. The summed E-state index contributed by atoms with van der Waals surface area (Å²) >= 11 is 4.54. The number of aromatic nitrogens is 1. The molecule has 3 aromatic rings. The summed E-state index contributed by atoms with van der Waals surface area (Å²) < 4.78 is 16.4. The van der Waals surface area contributed by atoms with Crippen LogP contribution in [0.4, 0.5) is 4.39 Å². The number of rotatable bonds is 2. The van der Waals surface area contributed by atoms with E-state index >= 15 is 0 Å². The highest BCUT2D eigenvalue weighted by atomic mass is 79.9. The smallest absolute Gasteiger partial charge is 0.179 e. The van der Waals surface area contributed by atoms with Gasteiger partial charge in [0.2, 0.25) is 0 Å². The van der Waals surface area contributed by atoms with E-state index < -0.39 is 0 Å². The Labute approximate surface area is 123 Å². The van der Waals surface area contributed by atoms with Gasteiger partial charge >= 0.3 is 0 Å². The van der Waals surface area contributed by atoms with Gasteiger partial charge in [-0.3, -0.25) is 0 Å². The first-order valence-electron chi connectivity index (χ1n) is 5.88. The molecule has 0 saturated carbocycles. The van der Waals surface area contributed by atoms with E-state index in [1.165, 1.54) is 16.5 Å². The van der Waals surface area contributed by atoms with Crippen LogP contribution in [0.3, 0.4) is 0 Å². The van der Waals surface area contributed by atoms with Crippen LogP contribution in [-0.2, 0) is 11.9 Å². The zero-order chi connectivity index (χ0) is 13.4. The molecule has 0 bridgehead atoms. The first kappa shape index (κ1) is 12.8. The summed E-state index contributed by atoms with van der Waals surface area (Å²) in [5.74, 6) is -0.210. The van der Waals surface area contributed by atoms with E-state index in [0.717, 1.165) is 27.3 Å². The van der Waals surface area contributed by atoms with Crippen LogP contribution < -0.4 is 0 Å². The highest BCUT2D eigenvalue weighted by molar-refractivity contribution is 9.10. The third kappa shape index (κ3) is 2.55. The van der Waals surface area contributed by atoms with Gasteiger partial charge < -0.3 is 0 Å². The number of benzene rings is 2. The molecule has 3 rings (SSSR count). The number of thiol groups is 1. The molecule has 0 N–H and O–H groups in total. The number of hydrogen-bond acceptors (Lipinski definition) is 0. The minimum absolute atomic E-state index is 0.210. The molecular formula is C15H12BrFNS+. The number of fused-ring (bicyclic) bond motifs is 1. The Morgan fingerprint density at radius 2 is 1.84 bits per heavy atom. The summed E-state index contributed by atoms with van der Waals surface area (Å²) in [4.78, 5) is 1.18. The molecule has 0 saturated heterocycles. The van der Waals surface area contributed by atoms with Crippen molar-refractivity contribution in [2.75, 3.05) is 0 Å². The molecule has 96 valence electrons. The fourth-order valence-electron chi connectivity index (χ4n) is 1.96. The quantitative estimate of drug-likeness (QED) is 0.480. The molecule has 0 radical (unpaired) electrons. The van der Waals surface area contributed by atoms with Crippen molar-refractivity contribution in [3.63, 3.8) is 0 Å². The predicted molar refractivity (Wildman–Crippen MR) is 83.2 cm³/mol. The zero-order valence-electron chi connectivity index (χ0n) is 10.3. The molecule has 0 spiro atoms. The van der Waals surface area contributed by atoms with Crippen molar-refractivity contribution in [3.8, 4) is 0 Å². The van der Waals surface area contributed by atoms with Gasteiger partial charge in [0.1, 0.15) is 23.3 Å². The Balaban J connectivity index is 2.05. The van der Waals surface area contributed by atoms with E-state index in [-0.39, 0.29) is 5.82 Å². The Morgan fingerprint density at radius 1 is 1.11 bits per heavy atom. The van der Waals surface area contributed by atoms with Crippen LogP contribution in [0.15, 0.2) is 58.0 Å². The summed E-state index contributed by atoms with van der Waals surface area (Å²) in [5.41, 5.74) is 2.14. The number of nitrogens with zero attached hydrogens (tertiary/aromatic N) is 1. The summed E-state index contributed by atoms with van der Waals surface area (Å²) in [6, 6.07) is 13.2. The highest BCUT2D eigenvalue weighted by Crippen LogP contribution is 2.27. The van der Waals surface area contributed by atoms with Crippen LogP contribution in [-0.4, -0.2) is 3.97 Å². The number of aryl methyl sites for hydroxylation is 1. The van der Waals surface area contributed by atoms with Gasteiger partial charge in [-0.1, -0.05) is 17.7 Å². The molecule has 0 atom stereocenters. The first-order chi connectivity index (χ1) is 9.13. The summed E-state index contributed by atoms with van der Waals surface area (Å²) in [7, 11) is 0. The van der Waals surface area contributed by atoms with Crippen molar-refractivity contribution < 1.29 is 4.39 Å². The van der Waals surface area contributed by atoms with Crippen LogP contribution in [0.5, 0.6) is 0 Å². The van der Waals surface area contributed by atoms with Crippen LogP contribution in [0.25, 0.3) is 10.9 Å². The van der Waals surface area contributed by atoms with Crippen LogP contribution in [0, 0.1) is 12.7 Å². The molecule has 0 amide bonds. The van der Waals surface area contributed by atoms with Gasteiger partial charge in [0.25, 0.3) is 0 Å². The fraction of sp³-hybridized carbons (Fsp3) is 0.0667. The molecular weight excluding hydrogens is 325 g/mol. The van der Waals surface area contributed by atoms with Crippen LogP contribution in [0.2, 0.25) is 0 Å². The van der Waals surface area contributed by atoms with E-state index in [1.54, 1.807) is 12.1 Å². The molecule has 0 fully saturated rings. The minimum atomic E-state index is -0.210. The monoisotopic (exact) mass is 336 g/mol. The molecule has 1 aromatic heterocycles. The lowest BCUT2D eigenvalue weighted by Gasteiger charge is -1.97. The van der Waals surface area contributed by atoms with Gasteiger partial charge in [0.05, 0.1) is 6.20 Å². The second-order valence-corrected chi connectivity index (χ2v) is 6.42. The maximum Gasteiger partial charge on any atom is 0.179 e. The molecule has 4 heteroatoms. The lowest BCUT2D eigenvalue weighted by molar-refractivity contribution is 0.629. The minimum Gasteiger partial charge on any atom is -0.207 e. The standard InChI is InChI=1S/C15H11BrFNS/c1-10-2-5-12(6-3-10)19-18-9-14(16)13-7-4-11(17)8-15(13)18/h2-9H,1H3/p+1. The van der Waals surface area contributed by atoms with Gasteiger partial charge in [-0.25, -0.2) is 4.39 Å². The van der Waals surface area contributed by atoms with Gasteiger partial charge in [-0.05, 0) is 47.1 Å². The molecule has 0 aliphatic rings. The van der Waals surface area contributed by atoms with E-state index in [2.05, 4.69) is 47.1 Å². The third-order valence-electron chi connectivity index (χ3n) is 2.96. The van der Waals surface area contributed by atoms with Crippen molar-refractivity contribution in [2.24, 2.45) is 0 Å². The first-order valence-corrected chi connectivity index (χ1v) is 7.52. The lowest BCUT2D eigenvalue weighted by atomic mass is 10.2. The van der Waals surface area contributed by atoms with E-state index in [9.17, 15) is 4.39 Å². The summed E-state index contributed by atoms with van der Waals surface area (Å²) in [6.07, 6.45) is 1.99. The Kier molecular flexibility index (Phi) is 3.37. The largest absolute Gasteiger partial charge is 0.207 e. The van der Waals surface area contributed by atoms with Gasteiger partial charge in [0, 0.05) is 15.9 Å². The summed E-state index contributed by atoms with van der Waals surface area (Å²) in [6.45, 7) is 2.07. The molecule has 19 heavy (non-hydrogen) atoms. The average Bonchev–Trinajstić information content (AvgIpc) is 2.69. The second-order valence-electron chi connectivity index (χ2n) is 4.42. The average molecular weight is 337 g/mol. The molecule has 0 unspecified atom stereocenters. The van der Waals surface area contributed by atoms with Crippen molar-refractivity contribution >= 4 is 38.8 Å². The Bertz CT molecular complexity index is 734. The van der Waals surface area contributed by atoms with Gasteiger partial charge in [-0.15, -0.1) is 0 Å². The van der Waals surface area contributed by atoms with Crippen molar-refractivity contribution in [1.82, 2.24) is 3.97 Å². The predicted octanol–water partition coefficient (Wildman–Crippen LogP) is 4.49. The molecule has 0 aliphatic heterocycles. The molecule has 1 heterocycles. The Morgan fingerprint density at radius 3 is 2.58 bits per heavy atom. The molecule has 0 aliphatic carbocycles. The van der Waals surface area contributed by atoms with Crippen LogP contribution in [0.1, 0.15) is 5.56 Å². The maximum atomic E-state index is 13.4. The van der Waals surface area contributed by atoms with Crippen LogP contribution >= 0.6 is 15.9 Å². The van der Waals surface area contributed by atoms with Crippen molar-refractivity contribution in [2.45, 2.75) is 11.8 Å². The number of hydrogen-bond donors (Lipinski definition) is 0. The van der Waals surface area contributed by atoms with Crippen molar-refractivity contribution in [3.05, 3.63) is 64.5 Å². The molecule has 2 aromatic carbocycles. The maximum absolute atomic E-state index is 13.4. The Hall–Kier alpha value is -1.26.